The second kappa shape index (κ2) is 4.82. The van der Waals surface area contributed by atoms with Gasteiger partial charge in [0.25, 0.3) is 0 Å². The zero-order valence-electron chi connectivity index (χ0n) is 9.93. The first kappa shape index (κ1) is 11.9. The zero-order chi connectivity index (χ0) is 12.5. The highest BCUT2D eigenvalue weighted by Crippen LogP contribution is 2.34. The van der Waals surface area contributed by atoms with Crippen molar-refractivity contribution in [1.29, 1.82) is 0 Å². The predicted molar refractivity (Wildman–Crippen MR) is 81.2 cm³/mol. The Bertz CT molecular complexity index is 685. The van der Waals surface area contributed by atoms with Gasteiger partial charge in [0.05, 0.1) is 0 Å². The Morgan fingerprint density at radius 1 is 1.00 bits per heavy atom. The van der Waals surface area contributed by atoms with Crippen LogP contribution in [0, 0.1) is 0 Å². The van der Waals surface area contributed by atoms with Crippen LogP contribution in [0.4, 0.5) is 0 Å². The Labute approximate surface area is 119 Å². The largest absolute Gasteiger partial charge is 0.349 e. The second-order valence-electron chi connectivity index (χ2n) is 4.18. The number of para-hydroxylation sites is 1. The van der Waals surface area contributed by atoms with E-state index in [4.69, 9.17) is 0 Å². The lowest BCUT2D eigenvalue weighted by Crippen LogP contribution is -1.81. The molecule has 90 valence electrons. The molecule has 0 bridgehead atoms. The van der Waals surface area contributed by atoms with Crippen LogP contribution in [-0.4, -0.2) is 4.57 Å². The van der Waals surface area contributed by atoms with Crippen LogP contribution in [0.3, 0.4) is 0 Å². The van der Waals surface area contributed by atoms with Gasteiger partial charge in [-0.15, -0.1) is 0 Å². The molecule has 0 spiro atoms. The Hall–Kier alpha value is -1.19. The molecule has 0 saturated heterocycles. The summed E-state index contributed by atoms with van der Waals surface area (Å²) in [5.41, 5.74) is 1.28. The van der Waals surface area contributed by atoms with E-state index in [0.29, 0.717) is 0 Å². The molecular formula is C15H12BrNS. The molecule has 0 atom stereocenters. The van der Waals surface area contributed by atoms with Crippen molar-refractivity contribution in [3.63, 3.8) is 0 Å². The van der Waals surface area contributed by atoms with Gasteiger partial charge >= 0.3 is 0 Å². The zero-order valence-corrected chi connectivity index (χ0v) is 12.3. The van der Waals surface area contributed by atoms with Crippen LogP contribution in [0.15, 0.2) is 69.0 Å². The van der Waals surface area contributed by atoms with Gasteiger partial charge in [0.1, 0.15) is 0 Å². The minimum absolute atomic E-state index is 1.12. The van der Waals surface area contributed by atoms with Gasteiger partial charge in [0.15, 0.2) is 0 Å². The van der Waals surface area contributed by atoms with Crippen LogP contribution in [0.25, 0.3) is 10.9 Å². The Morgan fingerprint density at radius 3 is 2.50 bits per heavy atom. The van der Waals surface area contributed by atoms with Gasteiger partial charge in [-0.2, -0.15) is 0 Å². The van der Waals surface area contributed by atoms with E-state index >= 15 is 0 Å². The van der Waals surface area contributed by atoms with Crippen LogP contribution in [-0.2, 0) is 7.05 Å². The lowest BCUT2D eigenvalue weighted by Gasteiger charge is -2.00. The van der Waals surface area contributed by atoms with Gasteiger partial charge in [-0.1, -0.05) is 45.9 Å². The molecule has 1 nitrogen and oxygen atoms in total. The van der Waals surface area contributed by atoms with Crippen LogP contribution in [0.5, 0.6) is 0 Å². The third-order valence-electron chi connectivity index (χ3n) is 2.90. The molecule has 18 heavy (non-hydrogen) atoms. The molecule has 3 heteroatoms. The summed E-state index contributed by atoms with van der Waals surface area (Å²) in [6.45, 7) is 0. The maximum atomic E-state index is 3.46. The minimum atomic E-state index is 1.12. The first-order valence-corrected chi connectivity index (χ1v) is 7.32. The molecular weight excluding hydrogens is 306 g/mol. The molecule has 0 saturated carbocycles. The van der Waals surface area contributed by atoms with E-state index in [2.05, 4.69) is 82.3 Å². The molecule has 0 amide bonds. The smallest absolute Gasteiger partial charge is 0.0489 e. The summed E-state index contributed by atoms with van der Waals surface area (Å²) < 4.78 is 3.29. The van der Waals surface area contributed by atoms with Gasteiger partial charge in [-0.25, -0.2) is 0 Å². The first-order chi connectivity index (χ1) is 8.74. The Kier molecular flexibility index (Phi) is 3.18. The van der Waals surface area contributed by atoms with Gasteiger partial charge in [0.2, 0.25) is 0 Å². The quantitative estimate of drug-likeness (QED) is 0.637. The van der Waals surface area contributed by atoms with E-state index in [1.165, 1.54) is 20.7 Å². The highest BCUT2D eigenvalue weighted by Gasteiger charge is 2.07. The van der Waals surface area contributed by atoms with Gasteiger partial charge in [0, 0.05) is 38.4 Å². The van der Waals surface area contributed by atoms with Crippen molar-refractivity contribution in [2.24, 2.45) is 7.05 Å². The van der Waals surface area contributed by atoms with Crippen molar-refractivity contribution in [3.8, 4) is 0 Å². The number of hydrogen-bond acceptors (Lipinski definition) is 1. The highest BCUT2D eigenvalue weighted by molar-refractivity contribution is 9.10. The summed E-state index contributed by atoms with van der Waals surface area (Å²) in [5.74, 6) is 0. The minimum Gasteiger partial charge on any atom is -0.349 e. The highest BCUT2D eigenvalue weighted by atomic mass is 79.9. The topological polar surface area (TPSA) is 4.93 Å². The number of halogens is 1. The molecule has 0 N–H and O–H groups in total. The standard InChI is InChI=1S/C15H12BrNS/c1-17-10-15(13-4-2-3-5-14(13)17)18-12-8-6-11(16)7-9-12/h2-10H,1H3. The van der Waals surface area contributed by atoms with Crippen molar-refractivity contribution < 1.29 is 0 Å². The fourth-order valence-electron chi connectivity index (χ4n) is 2.02. The summed E-state index contributed by atoms with van der Waals surface area (Å²) in [6.07, 6.45) is 2.19. The van der Waals surface area contributed by atoms with Crippen LogP contribution >= 0.6 is 27.7 Å². The molecule has 0 aliphatic heterocycles. The van der Waals surface area contributed by atoms with Crippen LogP contribution in [0.1, 0.15) is 0 Å². The van der Waals surface area contributed by atoms with E-state index < -0.39 is 0 Å². The molecule has 0 radical (unpaired) electrons. The molecule has 0 aliphatic carbocycles. The number of hydrogen-bond donors (Lipinski definition) is 0. The molecule has 1 heterocycles. The van der Waals surface area contributed by atoms with Crippen molar-refractivity contribution >= 4 is 38.6 Å². The monoisotopic (exact) mass is 317 g/mol. The van der Waals surface area contributed by atoms with E-state index in [1.807, 2.05) is 0 Å². The van der Waals surface area contributed by atoms with Crippen molar-refractivity contribution in [2.45, 2.75) is 9.79 Å². The molecule has 2 aromatic carbocycles. The summed E-state index contributed by atoms with van der Waals surface area (Å²) in [6, 6.07) is 16.9. The van der Waals surface area contributed by atoms with Crippen LogP contribution in [0.2, 0.25) is 0 Å². The summed E-state index contributed by atoms with van der Waals surface area (Å²) in [5, 5.41) is 1.31. The third kappa shape index (κ3) is 2.20. The third-order valence-corrected chi connectivity index (χ3v) is 4.48. The number of nitrogens with zero attached hydrogens (tertiary/aromatic N) is 1. The molecule has 3 aromatic rings. The fraction of sp³-hybridized carbons (Fsp3) is 0.0667. The average molecular weight is 318 g/mol. The lowest BCUT2D eigenvalue weighted by atomic mass is 10.2. The summed E-state index contributed by atoms with van der Waals surface area (Å²) >= 11 is 5.27. The summed E-state index contributed by atoms with van der Waals surface area (Å²) in [4.78, 5) is 2.56. The lowest BCUT2D eigenvalue weighted by molar-refractivity contribution is 0.957. The average Bonchev–Trinajstić information content (AvgIpc) is 2.70. The number of rotatable bonds is 2. The number of aryl methyl sites for hydroxylation is 1. The van der Waals surface area contributed by atoms with Crippen molar-refractivity contribution in [2.75, 3.05) is 0 Å². The van der Waals surface area contributed by atoms with E-state index in [-0.39, 0.29) is 0 Å². The van der Waals surface area contributed by atoms with Gasteiger partial charge in [-0.3, -0.25) is 0 Å². The van der Waals surface area contributed by atoms with E-state index in [9.17, 15) is 0 Å². The normalized spacial score (nSPS) is 11.0. The maximum Gasteiger partial charge on any atom is 0.0489 e. The molecule has 1 aromatic heterocycles. The molecule has 0 aliphatic rings. The number of aromatic nitrogens is 1. The van der Waals surface area contributed by atoms with E-state index in [1.54, 1.807) is 11.8 Å². The second-order valence-corrected chi connectivity index (χ2v) is 6.21. The van der Waals surface area contributed by atoms with Crippen LogP contribution < -0.4 is 0 Å². The Morgan fingerprint density at radius 2 is 1.72 bits per heavy atom. The Balaban J connectivity index is 2.02. The fourth-order valence-corrected chi connectivity index (χ4v) is 3.30. The SMILES string of the molecule is Cn1cc(Sc2ccc(Br)cc2)c2ccccc21. The van der Waals surface area contributed by atoms with Gasteiger partial charge < -0.3 is 4.57 Å². The molecule has 0 fully saturated rings. The van der Waals surface area contributed by atoms with Crippen molar-refractivity contribution in [3.05, 3.63) is 59.2 Å². The molecule has 0 unspecified atom stereocenters. The molecule has 3 rings (SSSR count). The van der Waals surface area contributed by atoms with Crippen molar-refractivity contribution in [1.82, 2.24) is 4.57 Å². The number of fused-ring (bicyclic) bond motifs is 1. The number of benzene rings is 2. The first-order valence-electron chi connectivity index (χ1n) is 5.71. The maximum absolute atomic E-state index is 3.46. The predicted octanol–water partition coefficient (Wildman–Crippen LogP) is 5.09. The summed E-state index contributed by atoms with van der Waals surface area (Å²) in [7, 11) is 2.09. The van der Waals surface area contributed by atoms with Gasteiger partial charge in [-0.05, 0) is 30.3 Å². The van der Waals surface area contributed by atoms with E-state index in [0.717, 1.165) is 4.47 Å².